The van der Waals surface area contributed by atoms with Crippen LogP contribution in [0.2, 0.25) is 0 Å². The summed E-state index contributed by atoms with van der Waals surface area (Å²) in [4.78, 5) is 0. The number of anilines is 2. The summed E-state index contributed by atoms with van der Waals surface area (Å²) < 4.78 is 2.85. The molecule has 1 aromatic heterocycles. The van der Waals surface area contributed by atoms with E-state index in [2.05, 4.69) is 43.8 Å². The van der Waals surface area contributed by atoms with E-state index in [1.54, 1.807) is 6.20 Å². The molecule has 6 heteroatoms. The maximum Gasteiger partial charge on any atom is 0.175 e. The first-order chi connectivity index (χ1) is 11.6. The third-order valence-electron chi connectivity index (χ3n) is 3.52. The molecule has 0 atom stereocenters. The summed E-state index contributed by atoms with van der Waals surface area (Å²) in [5.74, 6) is 0. The number of hydrogen-bond donors (Lipinski definition) is 2. The summed E-state index contributed by atoms with van der Waals surface area (Å²) in [7, 11) is 0. The molecule has 0 amide bonds. The lowest BCUT2D eigenvalue weighted by Crippen LogP contribution is -2.19. The largest absolute Gasteiger partial charge is 0.332 e. The van der Waals surface area contributed by atoms with Gasteiger partial charge in [0.05, 0.1) is 17.2 Å². The van der Waals surface area contributed by atoms with Gasteiger partial charge in [-0.2, -0.15) is 5.10 Å². The van der Waals surface area contributed by atoms with E-state index >= 15 is 0 Å². The lowest BCUT2D eigenvalue weighted by Gasteiger charge is -2.13. The van der Waals surface area contributed by atoms with E-state index in [4.69, 9.17) is 12.2 Å². The van der Waals surface area contributed by atoms with Gasteiger partial charge in [0.15, 0.2) is 5.11 Å². The number of nitrogens with one attached hydrogen (secondary N) is 2. The van der Waals surface area contributed by atoms with Crippen LogP contribution in [0.15, 0.2) is 65.4 Å². The van der Waals surface area contributed by atoms with Gasteiger partial charge in [-0.05, 0) is 64.4 Å². The van der Waals surface area contributed by atoms with Gasteiger partial charge < -0.3 is 10.6 Å². The van der Waals surface area contributed by atoms with Crippen molar-refractivity contribution in [3.8, 4) is 0 Å². The van der Waals surface area contributed by atoms with Crippen molar-refractivity contribution in [1.29, 1.82) is 0 Å². The lowest BCUT2D eigenvalue weighted by atomic mass is 10.2. The van der Waals surface area contributed by atoms with E-state index < -0.39 is 0 Å². The van der Waals surface area contributed by atoms with Crippen LogP contribution >= 0.6 is 28.1 Å². The monoisotopic (exact) mass is 400 g/mol. The molecule has 0 fully saturated rings. The normalized spacial score (nSPS) is 10.4. The van der Waals surface area contributed by atoms with Crippen molar-refractivity contribution < 1.29 is 0 Å². The van der Waals surface area contributed by atoms with E-state index in [0.717, 1.165) is 27.0 Å². The molecule has 0 spiro atoms. The molecule has 4 nitrogen and oxygen atoms in total. The van der Waals surface area contributed by atoms with Gasteiger partial charge >= 0.3 is 0 Å². The zero-order valence-corrected chi connectivity index (χ0v) is 15.6. The average Bonchev–Trinajstić information content (AvgIpc) is 2.95. The van der Waals surface area contributed by atoms with Crippen LogP contribution in [0.25, 0.3) is 0 Å². The van der Waals surface area contributed by atoms with Crippen molar-refractivity contribution in [1.82, 2.24) is 9.78 Å². The van der Waals surface area contributed by atoms with Crippen LogP contribution in [-0.4, -0.2) is 14.9 Å². The van der Waals surface area contributed by atoms with E-state index in [0.29, 0.717) is 11.7 Å². The molecule has 3 aromatic rings. The smallest absolute Gasteiger partial charge is 0.175 e. The Bertz CT molecular complexity index is 859. The van der Waals surface area contributed by atoms with Crippen LogP contribution in [0.4, 0.5) is 11.4 Å². The summed E-state index contributed by atoms with van der Waals surface area (Å²) >= 11 is 8.82. The molecule has 0 aliphatic rings. The fourth-order valence-electron chi connectivity index (χ4n) is 2.36. The number of para-hydroxylation sites is 1. The zero-order chi connectivity index (χ0) is 16.9. The molecule has 122 valence electrons. The molecule has 2 aromatic carbocycles. The molecule has 0 saturated heterocycles. The van der Waals surface area contributed by atoms with Crippen molar-refractivity contribution >= 4 is 44.6 Å². The Morgan fingerprint density at radius 3 is 2.75 bits per heavy atom. The SMILES string of the molecule is Cc1ccccc1NC(=S)Nc1cccc(Cn2cc(Br)cn2)c1. The minimum Gasteiger partial charge on any atom is -0.332 e. The number of rotatable bonds is 4. The number of nitrogens with zero attached hydrogens (tertiary/aromatic N) is 2. The second kappa shape index (κ2) is 7.59. The van der Waals surface area contributed by atoms with E-state index in [1.807, 2.05) is 54.2 Å². The average molecular weight is 401 g/mol. The van der Waals surface area contributed by atoms with Crippen LogP contribution in [0, 0.1) is 6.92 Å². The molecule has 3 rings (SSSR count). The van der Waals surface area contributed by atoms with Gasteiger partial charge in [0.25, 0.3) is 0 Å². The fourth-order valence-corrected chi connectivity index (χ4v) is 2.91. The van der Waals surface area contributed by atoms with Gasteiger partial charge in [-0.25, -0.2) is 0 Å². The molecule has 0 aliphatic carbocycles. The quantitative estimate of drug-likeness (QED) is 0.616. The Kier molecular flexibility index (Phi) is 5.27. The van der Waals surface area contributed by atoms with Gasteiger partial charge in [-0.3, -0.25) is 4.68 Å². The van der Waals surface area contributed by atoms with Crippen molar-refractivity contribution in [3.63, 3.8) is 0 Å². The maximum atomic E-state index is 5.41. The fraction of sp³-hybridized carbons (Fsp3) is 0.111. The molecule has 0 bridgehead atoms. The minimum absolute atomic E-state index is 0.572. The Balaban J connectivity index is 1.66. The van der Waals surface area contributed by atoms with Crippen molar-refractivity contribution in [2.45, 2.75) is 13.5 Å². The standard InChI is InChI=1S/C18H17BrN4S/c1-13-5-2-3-8-17(13)22-18(24)21-16-7-4-6-14(9-16)11-23-12-15(19)10-20-23/h2-10,12H,11H2,1H3,(H2,21,22,24). The van der Waals surface area contributed by atoms with Crippen LogP contribution < -0.4 is 10.6 Å². The topological polar surface area (TPSA) is 41.9 Å². The second-order valence-electron chi connectivity index (χ2n) is 5.45. The maximum absolute atomic E-state index is 5.41. The molecule has 1 heterocycles. The third kappa shape index (κ3) is 4.43. The summed E-state index contributed by atoms with van der Waals surface area (Å²) in [6, 6.07) is 16.2. The van der Waals surface area contributed by atoms with Gasteiger partial charge in [-0.1, -0.05) is 30.3 Å². The highest BCUT2D eigenvalue weighted by molar-refractivity contribution is 9.10. The number of benzene rings is 2. The molecule has 24 heavy (non-hydrogen) atoms. The molecule has 0 saturated carbocycles. The van der Waals surface area contributed by atoms with Gasteiger partial charge in [-0.15, -0.1) is 0 Å². The molecular weight excluding hydrogens is 384 g/mol. The van der Waals surface area contributed by atoms with Gasteiger partial charge in [0.1, 0.15) is 0 Å². The molecular formula is C18H17BrN4S. The number of halogens is 1. The van der Waals surface area contributed by atoms with Crippen LogP contribution in [0.1, 0.15) is 11.1 Å². The van der Waals surface area contributed by atoms with Crippen molar-refractivity contribution in [2.24, 2.45) is 0 Å². The number of aryl methyl sites for hydroxylation is 1. The molecule has 0 aliphatic heterocycles. The Hall–Kier alpha value is -2.18. The summed E-state index contributed by atoms with van der Waals surface area (Å²) in [6.45, 7) is 2.76. The van der Waals surface area contributed by atoms with Crippen LogP contribution in [0.3, 0.4) is 0 Å². The van der Waals surface area contributed by atoms with E-state index in [-0.39, 0.29) is 0 Å². The van der Waals surface area contributed by atoms with Crippen molar-refractivity contribution in [3.05, 3.63) is 76.5 Å². The highest BCUT2D eigenvalue weighted by atomic mass is 79.9. The van der Waals surface area contributed by atoms with E-state index in [9.17, 15) is 0 Å². The molecule has 0 radical (unpaired) electrons. The Morgan fingerprint density at radius 2 is 2.00 bits per heavy atom. The van der Waals surface area contributed by atoms with Gasteiger partial charge in [0.2, 0.25) is 0 Å². The highest BCUT2D eigenvalue weighted by Gasteiger charge is 2.03. The Labute approximate surface area is 155 Å². The predicted molar refractivity (Wildman–Crippen MR) is 106 cm³/mol. The number of thiocarbonyl (C=S) groups is 1. The first-order valence-corrected chi connectivity index (χ1v) is 8.71. The second-order valence-corrected chi connectivity index (χ2v) is 6.77. The Morgan fingerprint density at radius 1 is 1.17 bits per heavy atom. The first-order valence-electron chi connectivity index (χ1n) is 7.51. The number of aromatic nitrogens is 2. The zero-order valence-electron chi connectivity index (χ0n) is 13.2. The molecule has 2 N–H and O–H groups in total. The van der Waals surface area contributed by atoms with Gasteiger partial charge in [0, 0.05) is 17.6 Å². The third-order valence-corrected chi connectivity index (χ3v) is 4.14. The minimum atomic E-state index is 0.572. The summed E-state index contributed by atoms with van der Waals surface area (Å²) in [5.41, 5.74) is 4.26. The van der Waals surface area contributed by atoms with Crippen LogP contribution in [0.5, 0.6) is 0 Å². The number of hydrogen-bond acceptors (Lipinski definition) is 2. The van der Waals surface area contributed by atoms with Crippen LogP contribution in [-0.2, 0) is 6.54 Å². The highest BCUT2D eigenvalue weighted by Crippen LogP contribution is 2.16. The predicted octanol–water partition coefficient (Wildman–Crippen LogP) is 4.81. The van der Waals surface area contributed by atoms with Crippen molar-refractivity contribution in [2.75, 3.05) is 10.6 Å². The summed E-state index contributed by atoms with van der Waals surface area (Å²) in [5, 5.41) is 11.3. The summed E-state index contributed by atoms with van der Waals surface area (Å²) in [6.07, 6.45) is 3.73. The molecule has 0 unspecified atom stereocenters. The first kappa shape index (κ1) is 16.7. The van der Waals surface area contributed by atoms with E-state index in [1.165, 1.54) is 0 Å². The lowest BCUT2D eigenvalue weighted by molar-refractivity contribution is 0.687.